The highest BCUT2D eigenvalue weighted by atomic mass is 15.1. The second-order valence-electron chi connectivity index (χ2n) is 17.7. The molecule has 70 heavy (non-hydrogen) atoms. The van der Waals surface area contributed by atoms with Gasteiger partial charge in [0.15, 0.2) is 0 Å². The molecule has 2 heterocycles. The summed E-state index contributed by atoms with van der Waals surface area (Å²) in [5.74, 6) is 0. The normalized spacial score (nSPS) is 12.0. The topological polar surface area (TPSA) is 13.1 Å². The van der Waals surface area contributed by atoms with Crippen molar-refractivity contribution in [2.24, 2.45) is 0 Å². The Morgan fingerprint density at radius 3 is 1.40 bits per heavy atom. The zero-order valence-electron chi connectivity index (χ0n) is 39.0. The van der Waals surface area contributed by atoms with Crippen LogP contribution in [0.2, 0.25) is 0 Å². The van der Waals surface area contributed by atoms with E-state index in [1.54, 1.807) is 0 Å². The maximum atomic E-state index is 4.09. The molecular weight excluding hydrogens is 847 g/mol. The minimum absolute atomic E-state index is 1.07. The first-order chi connectivity index (χ1) is 34.6. The molecule has 0 N–H and O–H groups in total. The maximum absolute atomic E-state index is 4.09. The molecule has 10 aromatic carbocycles. The highest BCUT2D eigenvalue weighted by Crippen LogP contribution is 2.44. The van der Waals surface area contributed by atoms with Gasteiger partial charge in [0.2, 0.25) is 0 Å². The van der Waals surface area contributed by atoms with Crippen molar-refractivity contribution in [1.82, 2.24) is 9.13 Å². The molecule has 0 saturated carbocycles. The van der Waals surface area contributed by atoms with Crippen LogP contribution < -0.4 is 15.5 Å². The number of allylic oxidation sites excluding steroid dienone is 1. The quantitative estimate of drug-likeness (QED) is 0.133. The number of benzene rings is 10. The van der Waals surface area contributed by atoms with Crippen molar-refractivity contribution in [1.29, 1.82) is 0 Å². The highest BCUT2D eigenvalue weighted by molar-refractivity contribution is 6.10. The highest BCUT2D eigenvalue weighted by Gasteiger charge is 2.20. The molecule has 0 unspecified atom stereocenters. The summed E-state index contributed by atoms with van der Waals surface area (Å²) >= 11 is 0. The first kappa shape index (κ1) is 42.2. The molecule has 332 valence electrons. The van der Waals surface area contributed by atoms with Crippen molar-refractivity contribution < 1.29 is 0 Å². The van der Waals surface area contributed by atoms with Gasteiger partial charge in [0.05, 0.1) is 22.2 Å². The van der Waals surface area contributed by atoms with Crippen molar-refractivity contribution in [3.63, 3.8) is 0 Å². The summed E-state index contributed by atoms with van der Waals surface area (Å²) in [5, 5.41) is 5.98. The number of rotatable bonds is 10. The van der Waals surface area contributed by atoms with E-state index in [-0.39, 0.29) is 0 Å². The molecular formula is C67H49N3. The lowest BCUT2D eigenvalue weighted by molar-refractivity contribution is 1.07. The summed E-state index contributed by atoms with van der Waals surface area (Å²) < 4.78 is 4.71. The Labute approximate surface area is 408 Å². The molecule has 0 spiro atoms. The molecule has 0 bridgehead atoms. The van der Waals surface area contributed by atoms with Crippen molar-refractivity contribution in [2.45, 2.75) is 6.92 Å². The molecule has 0 fully saturated rings. The van der Waals surface area contributed by atoms with Crippen molar-refractivity contribution in [3.8, 4) is 55.9 Å². The average Bonchev–Trinajstić information content (AvgIpc) is 3.94. The summed E-state index contributed by atoms with van der Waals surface area (Å²) in [6.07, 6.45) is 6.21. The fourth-order valence-electron chi connectivity index (χ4n) is 10.4. The van der Waals surface area contributed by atoms with Gasteiger partial charge in [-0.3, -0.25) is 0 Å². The van der Waals surface area contributed by atoms with E-state index >= 15 is 0 Å². The maximum Gasteiger partial charge on any atom is 0.0541 e. The summed E-state index contributed by atoms with van der Waals surface area (Å²) in [6.45, 7) is 6.20. The Kier molecular flexibility index (Phi) is 10.9. The zero-order chi connectivity index (χ0) is 47.0. The molecule has 0 radical (unpaired) electrons. The van der Waals surface area contributed by atoms with Crippen LogP contribution in [0.25, 0.3) is 101 Å². The fraction of sp³-hybridized carbons (Fsp3) is 0.0149. The zero-order valence-corrected chi connectivity index (χ0v) is 39.0. The van der Waals surface area contributed by atoms with Gasteiger partial charge in [-0.05, 0) is 137 Å². The lowest BCUT2D eigenvalue weighted by atomic mass is 9.96. The Balaban J connectivity index is 0.982. The molecule has 0 aliphatic heterocycles. The number of hydrogen-bond acceptors (Lipinski definition) is 1. The molecule has 12 rings (SSSR count). The SMILES string of the molecule is C=C/C=c1\c(=C/C)n(-c2ccccc2)c2ccc(-c3ccc(N(c4ccc(-c5ccc6c(c5)c5ccccc5n6-c5ccccc5)cc4)c4ccc(-c5ccccc5)cc4-c4ccccc4)cc3)cc12. The lowest BCUT2D eigenvalue weighted by Gasteiger charge is -2.29. The predicted molar refractivity (Wildman–Crippen MR) is 298 cm³/mol. The predicted octanol–water partition coefficient (Wildman–Crippen LogP) is 16.6. The van der Waals surface area contributed by atoms with E-state index in [4.69, 9.17) is 0 Å². The first-order valence-electron chi connectivity index (χ1n) is 24.0. The lowest BCUT2D eigenvalue weighted by Crippen LogP contribution is -2.27. The minimum Gasteiger partial charge on any atom is -0.310 e. The van der Waals surface area contributed by atoms with Crippen LogP contribution in [0.15, 0.2) is 261 Å². The van der Waals surface area contributed by atoms with Gasteiger partial charge in [-0.25, -0.2) is 0 Å². The second kappa shape index (κ2) is 18.1. The molecule has 0 aliphatic rings. The van der Waals surface area contributed by atoms with Crippen molar-refractivity contribution >= 4 is 61.9 Å². The fourth-order valence-corrected chi connectivity index (χ4v) is 10.4. The van der Waals surface area contributed by atoms with E-state index in [9.17, 15) is 0 Å². The van der Waals surface area contributed by atoms with Crippen LogP contribution in [0, 0.1) is 0 Å². The summed E-state index contributed by atoms with van der Waals surface area (Å²) in [7, 11) is 0. The van der Waals surface area contributed by atoms with Gasteiger partial charge >= 0.3 is 0 Å². The third-order valence-corrected chi connectivity index (χ3v) is 13.7. The van der Waals surface area contributed by atoms with Gasteiger partial charge in [-0.15, -0.1) is 0 Å². The second-order valence-corrected chi connectivity index (χ2v) is 17.7. The third kappa shape index (κ3) is 7.51. The van der Waals surface area contributed by atoms with Gasteiger partial charge in [-0.2, -0.15) is 0 Å². The molecule has 0 amide bonds. The van der Waals surface area contributed by atoms with E-state index < -0.39 is 0 Å². The van der Waals surface area contributed by atoms with Crippen LogP contribution in [0.5, 0.6) is 0 Å². The van der Waals surface area contributed by atoms with E-state index in [0.29, 0.717) is 0 Å². The van der Waals surface area contributed by atoms with E-state index in [1.807, 2.05) is 6.08 Å². The molecule has 3 nitrogen and oxygen atoms in total. The van der Waals surface area contributed by atoms with E-state index in [0.717, 1.165) is 72.3 Å². The van der Waals surface area contributed by atoms with Crippen molar-refractivity contribution in [3.05, 3.63) is 272 Å². The number of para-hydroxylation sites is 3. The Hall–Kier alpha value is -9.18. The van der Waals surface area contributed by atoms with Crippen LogP contribution in [0.3, 0.4) is 0 Å². The van der Waals surface area contributed by atoms with Gasteiger partial charge < -0.3 is 14.0 Å². The molecule has 0 aliphatic carbocycles. The minimum atomic E-state index is 1.07. The summed E-state index contributed by atoms with van der Waals surface area (Å²) in [4.78, 5) is 2.41. The Bertz CT molecular complexity index is 3980. The molecule has 3 heteroatoms. The van der Waals surface area contributed by atoms with Crippen LogP contribution >= 0.6 is 0 Å². The third-order valence-electron chi connectivity index (χ3n) is 13.7. The van der Waals surface area contributed by atoms with Crippen molar-refractivity contribution in [2.75, 3.05) is 4.90 Å². The van der Waals surface area contributed by atoms with Crippen LogP contribution in [0.4, 0.5) is 17.1 Å². The molecule has 0 saturated heterocycles. The Morgan fingerprint density at radius 1 is 0.371 bits per heavy atom. The van der Waals surface area contributed by atoms with E-state index in [2.05, 4.69) is 288 Å². The standard InChI is InChI=1S/C67H49N3/c1-3-19-58-61-45-52(35-42-66(61)69(63(58)4-2)54-24-13-7-14-25-54)48-30-37-56(38-31-48)68(65-41-34-51(47-20-9-5-10-21-47)44-60(65)50-22-11-6-12-23-50)57-39-32-49(33-40-57)53-36-43-67-62(46-53)59-28-17-18-29-64(59)70(67)55-26-15-8-16-27-55/h3-46H,1H2,2H3/b58-19-,63-4+. The number of anilines is 3. The number of aromatic nitrogens is 2. The van der Waals surface area contributed by atoms with E-state index in [1.165, 1.54) is 43.9 Å². The molecule has 0 atom stereocenters. The first-order valence-corrected chi connectivity index (χ1v) is 24.0. The van der Waals surface area contributed by atoms with Crippen LogP contribution in [-0.4, -0.2) is 9.13 Å². The smallest absolute Gasteiger partial charge is 0.0541 e. The summed E-state index contributed by atoms with van der Waals surface area (Å²) in [6, 6.07) is 90.1. The largest absolute Gasteiger partial charge is 0.310 e. The summed E-state index contributed by atoms with van der Waals surface area (Å²) in [5.41, 5.74) is 18.4. The number of fused-ring (bicyclic) bond motifs is 4. The Morgan fingerprint density at radius 2 is 0.814 bits per heavy atom. The van der Waals surface area contributed by atoms with Gasteiger partial charge in [0, 0.05) is 55.0 Å². The van der Waals surface area contributed by atoms with Crippen LogP contribution in [0.1, 0.15) is 6.92 Å². The van der Waals surface area contributed by atoms with Gasteiger partial charge in [-0.1, -0.05) is 183 Å². The number of hydrogen-bond donors (Lipinski definition) is 0. The average molecular weight is 896 g/mol. The number of nitrogens with zero attached hydrogens (tertiary/aromatic N) is 3. The molecule has 12 aromatic rings. The van der Waals surface area contributed by atoms with Crippen LogP contribution in [-0.2, 0) is 0 Å². The van der Waals surface area contributed by atoms with Gasteiger partial charge in [0.25, 0.3) is 0 Å². The monoisotopic (exact) mass is 895 g/mol. The molecule has 2 aromatic heterocycles. The van der Waals surface area contributed by atoms with Gasteiger partial charge in [0.1, 0.15) is 0 Å².